The number of aliphatic imine (C=N–C) groups is 1. The van der Waals surface area contributed by atoms with Crippen LogP contribution in [-0.4, -0.2) is 27.1 Å². The van der Waals surface area contributed by atoms with Gasteiger partial charge < -0.3 is 10.6 Å². The second-order valence-corrected chi connectivity index (χ2v) is 5.58. The number of nitrogens with one attached hydrogen (secondary N) is 2. The number of nitrogens with zero attached hydrogens (tertiary/aromatic N) is 4. The standard InChI is InChI=1S/C18H22N6.HI/c1-3-19-18(20-12-15-8-6-7-14(2)11-15)21-13-17-23-22-16-9-4-5-10-24(16)17;/h4-11H,3,12-13H2,1-2H3,(H2,19,20,21);1H. The Morgan fingerprint density at radius 1 is 1.12 bits per heavy atom. The Kier molecular flexibility index (Phi) is 7.17. The zero-order chi connectivity index (χ0) is 16.8. The van der Waals surface area contributed by atoms with Gasteiger partial charge in [0, 0.05) is 12.7 Å². The molecular weight excluding hydrogens is 427 g/mol. The molecule has 0 bridgehead atoms. The molecule has 0 saturated carbocycles. The van der Waals surface area contributed by atoms with E-state index in [9.17, 15) is 0 Å². The molecule has 2 heterocycles. The third-order valence-electron chi connectivity index (χ3n) is 3.64. The van der Waals surface area contributed by atoms with Crippen LogP contribution < -0.4 is 10.6 Å². The molecule has 7 heteroatoms. The smallest absolute Gasteiger partial charge is 0.191 e. The number of fused-ring (bicyclic) bond motifs is 1. The Balaban J connectivity index is 0.00000225. The molecule has 0 atom stereocenters. The van der Waals surface area contributed by atoms with E-state index in [1.807, 2.05) is 28.8 Å². The van der Waals surface area contributed by atoms with E-state index in [0.717, 1.165) is 24.0 Å². The van der Waals surface area contributed by atoms with E-state index in [-0.39, 0.29) is 24.0 Å². The van der Waals surface area contributed by atoms with Crippen molar-refractivity contribution < 1.29 is 0 Å². The largest absolute Gasteiger partial charge is 0.357 e. The Morgan fingerprint density at radius 3 is 2.80 bits per heavy atom. The summed E-state index contributed by atoms with van der Waals surface area (Å²) < 4.78 is 1.97. The zero-order valence-corrected chi connectivity index (χ0v) is 16.8. The number of benzene rings is 1. The van der Waals surface area contributed by atoms with E-state index < -0.39 is 0 Å². The second kappa shape index (κ2) is 9.36. The van der Waals surface area contributed by atoms with Crippen molar-refractivity contribution in [2.24, 2.45) is 4.99 Å². The minimum atomic E-state index is 0. The van der Waals surface area contributed by atoms with Gasteiger partial charge in [0.2, 0.25) is 0 Å². The summed E-state index contributed by atoms with van der Waals surface area (Å²) in [5, 5.41) is 15.0. The number of aryl methyl sites for hydroxylation is 1. The van der Waals surface area contributed by atoms with Gasteiger partial charge >= 0.3 is 0 Å². The van der Waals surface area contributed by atoms with Gasteiger partial charge in [-0.15, -0.1) is 34.2 Å². The predicted octanol–water partition coefficient (Wildman–Crippen LogP) is 2.91. The van der Waals surface area contributed by atoms with E-state index in [4.69, 9.17) is 0 Å². The minimum Gasteiger partial charge on any atom is -0.357 e. The maximum Gasteiger partial charge on any atom is 0.191 e. The molecule has 0 amide bonds. The predicted molar refractivity (Wildman–Crippen MR) is 111 cm³/mol. The normalized spacial score (nSPS) is 11.2. The van der Waals surface area contributed by atoms with Gasteiger partial charge in [-0.2, -0.15) is 0 Å². The molecule has 2 N–H and O–H groups in total. The van der Waals surface area contributed by atoms with Gasteiger partial charge in [0.05, 0.1) is 13.1 Å². The first-order valence-electron chi connectivity index (χ1n) is 8.12. The molecule has 0 unspecified atom stereocenters. The summed E-state index contributed by atoms with van der Waals surface area (Å²) in [6, 6.07) is 14.3. The highest BCUT2D eigenvalue weighted by Crippen LogP contribution is 2.05. The molecule has 6 nitrogen and oxygen atoms in total. The average molecular weight is 450 g/mol. The molecule has 0 radical (unpaired) electrons. The molecule has 1 aromatic carbocycles. The SMILES string of the molecule is CCNC(=NCc1cccc(C)c1)NCc1nnc2ccccn12.I. The molecule has 3 aromatic rings. The van der Waals surface area contributed by atoms with Gasteiger partial charge in [0.25, 0.3) is 0 Å². The average Bonchev–Trinajstić information content (AvgIpc) is 3.01. The topological polar surface area (TPSA) is 66.6 Å². The monoisotopic (exact) mass is 450 g/mol. The quantitative estimate of drug-likeness (QED) is 0.357. The van der Waals surface area contributed by atoms with Crippen LogP contribution in [0.15, 0.2) is 53.7 Å². The lowest BCUT2D eigenvalue weighted by atomic mass is 10.1. The maximum atomic E-state index is 4.64. The lowest BCUT2D eigenvalue weighted by molar-refractivity contribution is 0.765. The van der Waals surface area contributed by atoms with Crippen LogP contribution in [0.4, 0.5) is 0 Å². The first-order valence-corrected chi connectivity index (χ1v) is 8.12. The summed E-state index contributed by atoms with van der Waals surface area (Å²) in [5.41, 5.74) is 3.28. The lowest BCUT2D eigenvalue weighted by Gasteiger charge is -2.10. The molecule has 0 aliphatic rings. The van der Waals surface area contributed by atoms with Crippen molar-refractivity contribution >= 4 is 35.6 Å². The number of hydrogen-bond acceptors (Lipinski definition) is 3. The number of aromatic nitrogens is 3. The Bertz CT molecular complexity index is 842. The Hall–Kier alpha value is -2.16. The Morgan fingerprint density at radius 2 is 2.00 bits per heavy atom. The van der Waals surface area contributed by atoms with E-state index in [0.29, 0.717) is 13.1 Å². The maximum absolute atomic E-state index is 4.64. The first-order chi connectivity index (χ1) is 11.8. The van der Waals surface area contributed by atoms with Gasteiger partial charge in [0.15, 0.2) is 17.4 Å². The highest BCUT2D eigenvalue weighted by Gasteiger charge is 2.05. The number of hydrogen-bond donors (Lipinski definition) is 2. The summed E-state index contributed by atoms with van der Waals surface area (Å²) in [6.07, 6.45) is 1.96. The lowest BCUT2D eigenvalue weighted by Crippen LogP contribution is -2.37. The van der Waals surface area contributed by atoms with E-state index >= 15 is 0 Å². The fourth-order valence-corrected chi connectivity index (χ4v) is 2.50. The van der Waals surface area contributed by atoms with Crippen LogP contribution in [0.25, 0.3) is 5.65 Å². The summed E-state index contributed by atoms with van der Waals surface area (Å²) in [7, 11) is 0. The van der Waals surface area contributed by atoms with Crippen LogP contribution in [0.1, 0.15) is 23.9 Å². The molecule has 0 saturated heterocycles. The number of guanidine groups is 1. The van der Waals surface area contributed by atoms with Gasteiger partial charge in [-0.3, -0.25) is 4.40 Å². The molecule has 0 fully saturated rings. The molecule has 0 spiro atoms. The van der Waals surface area contributed by atoms with Crippen LogP contribution >= 0.6 is 24.0 Å². The van der Waals surface area contributed by atoms with E-state index in [2.05, 4.69) is 63.9 Å². The van der Waals surface area contributed by atoms with Crippen LogP contribution in [-0.2, 0) is 13.1 Å². The van der Waals surface area contributed by atoms with E-state index in [1.54, 1.807) is 0 Å². The van der Waals surface area contributed by atoms with Crippen LogP contribution in [0.5, 0.6) is 0 Å². The number of pyridine rings is 1. The van der Waals surface area contributed by atoms with Gasteiger partial charge in [-0.05, 0) is 31.5 Å². The van der Waals surface area contributed by atoms with Crippen molar-refractivity contribution in [3.63, 3.8) is 0 Å². The van der Waals surface area contributed by atoms with Gasteiger partial charge in [-0.1, -0.05) is 35.9 Å². The molecule has 0 aliphatic carbocycles. The van der Waals surface area contributed by atoms with Crippen molar-refractivity contribution in [2.75, 3.05) is 6.54 Å². The fourth-order valence-electron chi connectivity index (χ4n) is 2.50. The van der Waals surface area contributed by atoms with Crippen molar-refractivity contribution in [2.45, 2.75) is 26.9 Å². The summed E-state index contributed by atoms with van der Waals surface area (Å²) >= 11 is 0. The highest BCUT2D eigenvalue weighted by atomic mass is 127. The van der Waals surface area contributed by atoms with Crippen LogP contribution in [0, 0.1) is 6.92 Å². The minimum absolute atomic E-state index is 0. The zero-order valence-electron chi connectivity index (χ0n) is 14.4. The molecule has 3 rings (SSSR count). The molecule has 2 aromatic heterocycles. The highest BCUT2D eigenvalue weighted by molar-refractivity contribution is 14.0. The summed E-state index contributed by atoms with van der Waals surface area (Å²) in [4.78, 5) is 4.64. The third kappa shape index (κ3) is 5.15. The number of halogens is 1. The van der Waals surface area contributed by atoms with Gasteiger partial charge in [-0.25, -0.2) is 4.99 Å². The summed E-state index contributed by atoms with van der Waals surface area (Å²) in [5.74, 6) is 1.62. The first kappa shape index (κ1) is 19.2. The van der Waals surface area contributed by atoms with Crippen molar-refractivity contribution in [3.8, 4) is 0 Å². The van der Waals surface area contributed by atoms with Crippen molar-refractivity contribution in [3.05, 3.63) is 65.6 Å². The second-order valence-electron chi connectivity index (χ2n) is 5.58. The van der Waals surface area contributed by atoms with Crippen molar-refractivity contribution in [1.82, 2.24) is 25.2 Å². The van der Waals surface area contributed by atoms with Crippen LogP contribution in [0.3, 0.4) is 0 Å². The Labute approximate surface area is 164 Å². The van der Waals surface area contributed by atoms with Gasteiger partial charge in [0.1, 0.15) is 0 Å². The molecule has 0 aliphatic heterocycles. The van der Waals surface area contributed by atoms with Crippen molar-refractivity contribution in [1.29, 1.82) is 0 Å². The molecule has 25 heavy (non-hydrogen) atoms. The number of rotatable bonds is 5. The summed E-state index contributed by atoms with van der Waals surface area (Å²) in [6.45, 7) is 6.14. The molecule has 132 valence electrons. The fraction of sp³-hybridized carbons (Fsp3) is 0.278. The van der Waals surface area contributed by atoms with E-state index in [1.165, 1.54) is 11.1 Å². The van der Waals surface area contributed by atoms with Crippen LogP contribution in [0.2, 0.25) is 0 Å². The third-order valence-corrected chi connectivity index (χ3v) is 3.64. The molecular formula is C18H23IN6.